The molecule has 1 aliphatic rings. The molecule has 1 saturated heterocycles. The van der Waals surface area contributed by atoms with Gasteiger partial charge in [-0.2, -0.15) is 13.2 Å². The lowest BCUT2D eigenvalue weighted by Crippen LogP contribution is -2.49. The van der Waals surface area contributed by atoms with Gasteiger partial charge in [-0.25, -0.2) is 4.98 Å². The lowest BCUT2D eigenvalue weighted by molar-refractivity contribution is -0.141. The molecule has 144 valence electrons. The molecular formula is C16H20F3N3O4. The molecule has 7 nitrogen and oxygen atoms in total. The molecule has 2 heterocycles. The molecule has 0 aliphatic carbocycles. The van der Waals surface area contributed by atoms with E-state index in [0.29, 0.717) is 13.1 Å². The Morgan fingerprint density at radius 1 is 1.42 bits per heavy atom. The van der Waals surface area contributed by atoms with Gasteiger partial charge in [0.25, 0.3) is 5.91 Å². The highest BCUT2D eigenvalue weighted by atomic mass is 19.4. The van der Waals surface area contributed by atoms with E-state index < -0.39 is 23.7 Å². The molecule has 1 atom stereocenters. The maximum Gasteiger partial charge on any atom is 0.433 e. The molecule has 1 aromatic heterocycles. The summed E-state index contributed by atoms with van der Waals surface area (Å²) in [6, 6.07) is 1.92. The van der Waals surface area contributed by atoms with Crippen molar-refractivity contribution in [2.75, 3.05) is 39.8 Å². The quantitative estimate of drug-likeness (QED) is 0.835. The molecule has 0 saturated carbocycles. The van der Waals surface area contributed by atoms with Gasteiger partial charge in [-0.05, 0) is 26.1 Å². The van der Waals surface area contributed by atoms with E-state index in [0.717, 1.165) is 12.1 Å². The van der Waals surface area contributed by atoms with E-state index in [1.807, 2.05) is 0 Å². The maximum atomic E-state index is 12.7. The summed E-state index contributed by atoms with van der Waals surface area (Å²) in [6.45, 7) is 2.32. The number of ether oxygens (including phenoxy) is 1. The first-order valence-electron chi connectivity index (χ1n) is 7.94. The molecule has 1 fully saturated rings. The number of aromatic nitrogens is 1. The lowest BCUT2D eigenvalue weighted by atomic mass is 10.1. The van der Waals surface area contributed by atoms with E-state index in [2.05, 4.69) is 4.98 Å². The largest absolute Gasteiger partial charge is 0.480 e. The number of carbonyl (C=O) groups is 2. The number of amides is 1. The number of morpholine rings is 1. The van der Waals surface area contributed by atoms with Crippen LogP contribution in [-0.2, 0) is 15.7 Å². The molecule has 26 heavy (non-hydrogen) atoms. The summed E-state index contributed by atoms with van der Waals surface area (Å²) >= 11 is 0. The molecule has 1 amide bonds. The van der Waals surface area contributed by atoms with Crippen molar-refractivity contribution in [1.29, 1.82) is 0 Å². The van der Waals surface area contributed by atoms with Gasteiger partial charge in [0.15, 0.2) is 0 Å². The number of hydrogen-bond donors (Lipinski definition) is 1. The van der Waals surface area contributed by atoms with Gasteiger partial charge < -0.3 is 14.7 Å². The second kappa shape index (κ2) is 8.00. The van der Waals surface area contributed by atoms with Gasteiger partial charge in [-0.3, -0.25) is 14.5 Å². The Morgan fingerprint density at radius 2 is 2.12 bits per heavy atom. The summed E-state index contributed by atoms with van der Waals surface area (Å²) in [5.41, 5.74) is -0.921. The van der Waals surface area contributed by atoms with Crippen molar-refractivity contribution in [2.45, 2.75) is 19.2 Å². The van der Waals surface area contributed by atoms with Gasteiger partial charge in [0.1, 0.15) is 5.69 Å². The molecule has 10 heteroatoms. The lowest BCUT2D eigenvalue weighted by Gasteiger charge is -2.34. The van der Waals surface area contributed by atoms with Gasteiger partial charge >= 0.3 is 12.1 Å². The average molecular weight is 375 g/mol. The zero-order chi connectivity index (χ0) is 19.5. The molecule has 1 aliphatic heterocycles. The number of alkyl halides is 3. The molecular weight excluding hydrogens is 355 g/mol. The van der Waals surface area contributed by atoms with Crippen LogP contribution in [0.4, 0.5) is 13.2 Å². The van der Waals surface area contributed by atoms with E-state index in [-0.39, 0.29) is 37.1 Å². The predicted molar refractivity (Wildman–Crippen MR) is 84.8 cm³/mol. The minimum absolute atomic E-state index is 0.0101. The fourth-order valence-electron chi connectivity index (χ4n) is 2.77. The Hall–Kier alpha value is -2.20. The molecule has 1 aromatic rings. The second-order valence-corrected chi connectivity index (χ2v) is 6.16. The third kappa shape index (κ3) is 5.15. The van der Waals surface area contributed by atoms with Crippen LogP contribution >= 0.6 is 0 Å². The number of pyridine rings is 1. The average Bonchev–Trinajstić information content (AvgIpc) is 2.52. The molecule has 0 radical (unpaired) electrons. The van der Waals surface area contributed by atoms with Crippen LogP contribution < -0.4 is 0 Å². The Kier molecular flexibility index (Phi) is 6.19. The molecule has 0 aromatic carbocycles. The fourth-order valence-corrected chi connectivity index (χ4v) is 2.77. The third-order valence-corrected chi connectivity index (χ3v) is 3.95. The summed E-state index contributed by atoms with van der Waals surface area (Å²) in [5, 5.41) is 8.78. The number of carbonyl (C=O) groups excluding carboxylic acids is 1. The van der Waals surface area contributed by atoms with Crippen molar-refractivity contribution in [1.82, 2.24) is 14.8 Å². The zero-order valence-corrected chi connectivity index (χ0v) is 14.4. The van der Waals surface area contributed by atoms with Gasteiger partial charge in [-0.15, -0.1) is 0 Å². The van der Waals surface area contributed by atoms with Crippen LogP contribution in [0.5, 0.6) is 0 Å². The van der Waals surface area contributed by atoms with E-state index in [1.54, 1.807) is 11.9 Å². The van der Waals surface area contributed by atoms with E-state index in [9.17, 15) is 22.8 Å². The smallest absolute Gasteiger partial charge is 0.433 e. The number of aryl methyl sites for hydroxylation is 1. The van der Waals surface area contributed by atoms with Crippen molar-refractivity contribution in [2.24, 2.45) is 0 Å². The van der Waals surface area contributed by atoms with Crippen molar-refractivity contribution < 1.29 is 32.6 Å². The summed E-state index contributed by atoms with van der Waals surface area (Å²) in [7, 11) is 1.63. The first-order chi connectivity index (χ1) is 12.1. The van der Waals surface area contributed by atoms with Crippen LogP contribution in [0.3, 0.4) is 0 Å². The van der Waals surface area contributed by atoms with E-state index >= 15 is 0 Å². The van der Waals surface area contributed by atoms with Crippen LogP contribution in [0, 0.1) is 6.92 Å². The Bertz CT molecular complexity index is 681. The number of carboxylic acid groups (broad SMARTS) is 1. The number of aliphatic carboxylic acids is 1. The highest BCUT2D eigenvalue weighted by Gasteiger charge is 2.34. The second-order valence-electron chi connectivity index (χ2n) is 6.16. The van der Waals surface area contributed by atoms with E-state index in [1.165, 1.54) is 11.8 Å². The van der Waals surface area contributed by atoms with E-state index in [4.69, 9.17) is 9.84 Å². The minimum Gasteiger partial charge on any atom is -0.480 e. The van der Waals surface area contributed by atoms with Crippen molar-refractivity contribution in [3.8, 4) is 0 Å². The molecule has 2 rings (SSSR count). The van der Waals surface area contributed by atoms with Gasteiger partial charge in [-0.1, -0.05) is 0 Å². The number of rotatable bonds is 5. The number of likely N-dealkylation sites (N-methyl/N-ethyl adjacent to an activating group) is 1. The summed E-state index contributed by atoms with van der Waals surface area (Å²) < 4.78 is 43.6. The minimum atomic E-state index is -4.56. The maximum absolute atomic E-state index is 12.7. The standard InChI is InChI=1S/C16H20F3N3O4/c1-10-12(3-4-13(20-10)16(17,18)19)15(25)22-5-6-26-11(8-22)7-21(2)9-14(23)24/h3-4,11H,5-9H2,1-2H3,(H,23,24). The molecule has 1 N–H and O–H groups in total. The van der Waals surface area contributed by atoms with Crippen LogP contribution in [0.2, 0.25) is 0 Å². The normalized spacial score (nSPS) is 18.2. The first kappa shape index (κ1) is 20.1. The van der Waals surface area contributed by atoms with Crippen molar-refractivity contribution in [3.63, 3.8) is 0 Å². The van der Waals surface area contributed by atoms with Crippen molar-refractivity contribution in [3.05, 3.63) is 29.1 Å². The van der Waals surface area contributed by atoms with Crippen LogP contribution in [0.1, 0.15) is 21.7 Å². The SMILES string of the molecule is Cc1nc(C(F)(F)F)ccc1C(=O)N1CCOC(CN(C)CC(=O)O)C1. The number of nitrogens with zero attached hydrogens (tertiary/aromatic N) is 3. The monoisotopic (exact) mass is 375 g/mol. The van der Waals surface area contributed by atoms with Gasteiger partial charge in [0, 0.05) is 19.6 Å². The number of halogens is 3. The number of carboxylic acids is 1. The fraction of sp³-hybridized carbons (Fsp3) is 0.562. The Morgan fingerprint density at radius 3 is 2.69 bits per heavy atom. The van der Waals surface area contributed by atoms with Crippen LogP contribution in [-0.4, -0.2) is 77.7 Å². The first-order valence-corrected chi connectivity index (χ1v) is 7.94. The summed E-state index contributed by atoms with van der Waals surface area (Å²) in [6.07, 6.45) is -4.94. The zero-order valence-electron chi connectivity index (χ0n) is 14.4. The highest BCUT2D eigenvalue weighted by Crippen LogP contribution is 2.28. The third-order valence-electron chi connectivity index (χ3n) is 3.95. The van der Waals surface area contributed by atoms with Gasteiger partial charge in [0.2, 0.25) is 0 Å². The van der Waals surface area contributed by atoms with Crippen LogP contribution in [0.25, 0.3) is 0 Å². The molecule has 0 bridgehead atoms. The predicted octanol–water partition coefficient (Wildman–Crippen LogP) is 1.27. The summed E-state index contributed by atoms with van der Waals surface area (Å²) in [4.78, 5) is 29.9. The topological polar surface area (TPSA) is 83.0 Å². The van der Waals surface area contributed by atoms with Crippen molar-refractivity contribution >= 4 is 11.9 Å². The highest BCUT2D eigenvalue weighted by molar-refractivity contribution is 5.95. The summed E-state index contributed by atoms with van der Waals surface area (Å²) in [5.74, 6) is -1.39. The van der Waals surface area contributed by atoms with Crippen LogP contribution in [0.15, 0.2) is 12.1 Å². The van der Waals surface area contributed by atoms with Gasteiger partial charge in [0.05, 0.1) is 30.5 Å². The Balaban J connectivity index is 2.06. The molecule has 1 unspecified atom stereocenters. The molecule has 0 spiro atoms. The Labute approximate surface area is 148 Å². The number of hydrogen-bond acceptors (Lipinski definition) is 5.